The lowest BCUT2D eigenvalue weighted by molar-refractivity contribution is -0.245. The summed E-state index contributed by atoms with van der Waals surface area (Å²) in [6.07, 6.45) is -3.44. The third kappa shape index (κ3) is 5.82. The number of hydroxylamine groups is 2. The average Bonchev–Trinajstić information content (AvgIpc) is 3.04. The lowest BCUT2D eigenvalue weighted by Crippen LogP contribution is -2.59. The third-order valence-electron chi connectivity index (χ3n) is 10.6. The van der Waals surface area contributed by atoms with E-state index in [9.17, 15) is 35.2 Å². The van der Waals surface area contributed by atoms with Gasteiger partial charge in [-0.3, -0.25) is 9.59 Å². The fourth-order valence-corrected chi connectivity index (χ4v) is 8.01. The molecule has 2 fully saturated rings. The number of hydrogen-bond donors (Lipinski definition) is 6. The second kappa shape index (κ2) is 12.5. The van der Waals surface area contributed by atoms with E-state index >= 15 is 0 Å². The number of nitrogens with two attached hydrogens (primary N) is 1. The van der Waals surface area contributed by atoms with Gasteiger partial charge in [0.25, 0.3) is 0 Å². The van der Waals surface area contributed by atoms with Crippen molar-refractivity contribution in [2.24, 2.45) is 15.9 Å². The standard InChI is InChI=1S/C36H46N4O10/c1-16-29(41)21(37)11-24(49-16)50-23-15-36(46,17(2)38-39-18-12-34(3,4)40(47)35(5,6)13-18)14-20-26(23)33(45)28-27(31(20)43)30(42)19-9-8-10-22(48-7)25(19)32(28)44/h8-10,16,21,23-24,29,41,43,45-47H,11-15,37H2,1-7H3/b38-17+. The topological polar surface area (TPSA) is 217 Å². The Hall–Kier alpha value is -3.76. The summed E-state index contributed by atoms with van der Waals surface area (Å²) in [5, 5.41) is 67.3. The van der Waals surface area contributed by atoms with Crippen molar-refractivity contribution in [2.45, 2.75) is 121 Å². The normalized spacial score (nSPS) is 30.7. The van der Waals surface area contributed by atoms with Crippen molar-refractivity contribution >= 4 is 23.0 Å². The van der Waals surface area contributed by atoms with Crippen LogP contribution < -0.4 is 10.5 Å². The number of hydrogen-bond acceptors (Lipinski definition) is 14. The molecule has 0 saturated carbocycles. The number of aliphatic hydroxyl groups excluding tert-OH is 1. The molecule has 6 rings (SSSR count). The minimum atomic E-state index is -1.81. The summed E-state index contributed by atoms with van der Waals surface area (Å²) < 4.78 is 17.6. The van der Waals surface area contributed by atoms with Crippen molar-refractivity contribution < 1.29 is 49.4 Å². The number of aliphatic hydroxyl groups is 2. The van der Waals surface area contributed by atoms with Crippen LogP contribution in [0.1, 0.15) is 116 Å². The average molecular weight is 695 g/mol. The first-order valence-electron chi connectivity index (χ1n) is 16.7. The Balaban J connectivity index is 1.46. The molecule has 4 aliphatic rings. The monoisotopic (exact) mass is 694 g/mol. The quantitative estimate of drug-likeness (QED) is 0.129. The molecular weight excluding hydrogens is 648 g/mol. The van der Waals surface area contributed by atoms with Gasteiger partial charge in [0.05, 0.1) is 47.8 Å². The van der Waals surface area contributed by atoms with E-state index in [2.05, 4.69) is 10.2 Å². The van der Waals surface area contributed by atoms with E-state index in [1.807, 2.05) is 27.7 Å². The summed E-state index contributed by atoms with van der Waals surface area (Å²) in [6.45, 7) is 10.8. The maximum Gasteiger partial charge on any atom is 0.202 e. The first-order chi connectivity index (χ1) is 23.3. The fourth-order valence-electron chi connectivity index (χ4n) is 8.01. The van der Waals surface area contributed by atoms with Crippen LogP contribution in [0.25, 0.3) is 0 Å². The van der Waals surface area contributed by atoms with Crippen molar-refractivity contribution in [3.05, 3.63) is 51.6 Å². The summed E-state index contributed by atoms with van der Waals surface area (Å²) in [6, 6.07) is 3.82. The SMILES string of the molecule is COc1cccc2c1C(=O)c1c(O)c3c(c(O)c1C2=O)CC(O)(/C(C)=N/N=C1CC(C)(C)N(O)C(C)(C)C1)CC3OC1CC(N)C(O)C(C)O1. The van der Waals surface area contributed by atoms with Crippen molar-refractivity contribution in [1.82, 2.24) is 5.06 Å². The van der Waals surface area contributed by atoms with Crippen molar-refractivity contribution in [2.75, 3.05) is 7.11 Å². The predicted molar refractivity (Wildman–Crippen MR) is 181 cm³/mol. The Kier molecular flexibility index (Phi) is 8.99. The molecule has 0 radical (unpaired) electrons. The molecule has 0 spiro atoms. The van der Waals surface area contributed by atoms with Crippen LogP contribution in [0.3, 0.4) is 0 Å². The van der Waals surface area contributed by atoms with Crippen LogP contribution in [0, 0.1) is 0 Å². The zero-order valence-electron chi connectivity index (χ0n) is 29.4. The van der Waals surface area contributed by atoms with Gasteiger partial charge in [0.15, 0.2) is 12.1 Å². The minimum absolute atomic E-state index is 0.000790. The van der Waals surface area contributed by atoms with Gasteiger partial charge in [0.1, 0.15) is 22.8 Å². The zero-order chi connectivity index (χ0) is 36.7. The first-order valence-corrected chi connectivity index (χ1v) is 16.7. The number of benzene rings is 2. The number of ether oxygens (including phenoxy) is 3. The number of ketones is 2. The molecule has 2 saturated heterocycles. The molecule has 14 heteroatoms. The summed E-state index contributed by atoms with van der Waals surface area (Å²) in [4.78, 5) is 27.9. The van der Waals surface area contributed by atoms with Gasteiger partial charge in [-0.05, 0) is 47.6 Å². The fraction of sp³-hybridized carbons (Fsp3) is 0.556. The Morgan fingerprint density at radius 1 is 1.02 bits per heavy atom. The predicted octanol–water partition coefficient (Wildman–Crippen LogP) is 3.30. The van der Waals surface area contributed by atoms with Crippen LogP contribution in [-0.4, -0.2) is 102 Å². The van der Waals surface area contributed by atoms with Crippen LogP contribution >= 0.6 is 0 Å². The van der Waals surface area contributed by atoms with E-state index in [1.165, 1.54) is 24.3 Å². The second-order valence-corrected chi connectivity index (χ2v) is 15.2. The summed E-state index contributed by atoms with van der Waals surface area (Å²) in [5.41, 5.74) is 3.18. The van der Waals surface area contributed by atoms with E-state index in [0.29, 0.717) is 18.6 Å². The maximum atomic E-state index is 14.0. The van der Waals surface area contributed by atoms with Crippen LogP contribution in [-0.2, 0) is 15.9 Å². The second-order valence-electron chi connectivity index (χ2n) is 15.2. The Morgan fingerprint density at radius 2 is 1.66 bits per heavy atom. The highest BCUT2D eigenvalue weighted by atomic mass is 16.7. The molecule has 14 nitrogen and oxygen atoms in total. The first kappa shape index (κ1) is 36.0. The molecular formula is C36H46N4O10. The number of piperidine rings is 1. The van der Waals surface area contributed by atoms with Gasteiger partial charge in [-0.2, -0.15) is 15.3 Å². The van der Waals surface area contributed by atoms with E-state index in [1.54, 1.807) is 19.9 Å². The van der Waals surface area contributed by atoms with Gasteiger partial charge < -0.3 is 45.6 Å². The molecule has 6 atom stereocenters. The van der Waals surface area contributed by atoms with E-state index < -0.39 is 81.5 Å². The third-order valence-corrected chi connectivity index (χ3v) is 10.6. The van der Waals surface area contributed by atoms with Gasteiger partial charge in [0.2, 0.25) is 5.78 Å². The van der Waals surface area contributed by atoms with Crippen molar-refractivity contribution in [1.29, 1.82) is 0 Å². The molecule has 270 valence electrons. The Bertz CT molecular complexity index is 1790. The summed E-state index contributed by atoms with van der Waals surface area (Å²) >= 11 is 0. The lowest BCUT2D eigenvalue weighted by Gasteiger charge is -2.48. The van der Waals surface area contributed by atoms with Crippen LogP contribution in [0.2, 0.25) is 0 Å². The molecule has 2 aromatic rings. The molecule has 0 bridgehead atoms. The van der Waals surface area contributed by atoms with Crippen LogP contribution in [0.4, 0.5) is 0 Å². The number of carbonyl (C=O) groups is 2. The summed E-state index contributed by atoms with van der Waals surface area (Å²) in [5.74, 6) is -2.43. The molecule has 6 unspecified atom stereocenters. The van der Waals surface area contributed by atoms with Gasteiger partial charge in [-0.15, -0.1) is 0 Å². The molecule has 0 aromatic heterocycles. The number of rotatable bonds is 5. The van der Waals surface area contributed by atoms with Crippen molar-refractivity contribution in [3.8, 4) is 17.2 Å². The number of nitrogens with zero attached hydrogens (tertiary/aromatic N) is 3. The molecule has 2 aliphatic heterocycles. The zero-order valence-corrected chi connectivity index (χ0v) is 29.4. The lowest BCUT2D eigenvalue weighted by atomic mass is 9.71. The highest BCUT2D eigenvalue weighted by Crippen LogP contribution is 2.52. The maximum absolute atomic E-state index is 14.0. The van der Waals surface area contributed by atoms with E-state index in [0.717, 1.165) is 0 Å². The highest BCUT2D eigenvalue weighted by Gasteiger charge is 2.49. The Labute approximate surface area is 290 Å². The molecule has 2 heterocycles. The number of methoxy groups -OCH3 is 1. The number of aromatic hydroxyl groups is 2. The highest BCUT2D eigenvalue weighted by molar-refractivity contribution is 6.31. The number of fused-ring (bicyclic) bond motifs is 3. The van der Waals surface area contributed by atoms with Gasteiger partial charge in [-0.25, -0.2) is 0 Å². The number of phenols is 2. The van der Waals surface area contributed by atoms with Crippen LogP contribution in [0.15, 0.2) is 28.4 Å². The van der Waals surface area contributed by atoms with E-state index in [4.69, 9.17) is 19.9 Å². The molecule has 2 aromatic carbocycles. The smallest absolute Gasteiger partial charge is 0.202 e. The van der Waals surface area contributed by atoms with Crippen molar-refractivity contribution in [3.63, 3.8) is 0 Å². The molecule has 7 N–H and O–H groups in total. The van der Waals surface area contributed by atoms with Gasteiger partial charge >= 0.3 is 0 Å². The summed E-state index contributed by atoms with van der Waals surface area (Å²) in [7, 11) is 1.36. The van der Waals surface area contributed by atoms with Crippen LogP contribution in [0.5, 0.6) is 17.2 Å². The molecule has 0 amide bonds. The van der Waals surface area contributed by atoms with E-state index in [-0.39, 0.29) is 53.0 Å². The number of carbonyl (C=O) groups excluding carboxylic acids is 2. The minimum Gasteiger partial charge on any atom is -0.507 e. The molecule has 2 aliphatic carbocycles. The largest absolute Gasteiger partial charge is 0.507 e. The number of phenolic OH excluding ortho intramolecular Hbond substituents is 2. The van der Waals surface area contributed by atoms with Gasteiger partial charge in [-0.1, -0.05) is 12.1 Å². The molecule has 50 heavy (non-hydrogen) atoms. The Morgan fingerprint density at radius 3 is 2.28 bits per heavy atom. The van der Waals surface area contributed by atoms with Gasteiger partial charge in [0, 0.05) is 71.6 Å².